The van der Waals surface area contributed by atoms with Gasteiger partial charge >= 0.3 is 5.97 Å². The molecule has 1 atom stereocenters. The third kappa shape index (κ3) is 4.14. The van der Waals surface area contributed by atoms with Gasteiger partial charge in [0, 0.05) is 12.1 Å². The van der Waals surface area contributed by atoms with Crippen LogP contribution in [-0.4, -0.2) is 30.4 Å². The second kappa shape index (κ2) is 6.34. The first-order chi connectivity index (χ1) is 8.04. The standard InChI is InChI=1S/C11H11BrFNO3/c1-17-11(16)9(12)6-14-10(15)7-3-2-4-8(13)5-7/h2-5,9H,6H2,1H3,(H,14,15). The summed E-state index contributed by atoms with van der Waals surface area (Å²) in [6.07, 6.45) is 0. The number of nitrogens with one attached hydrogen (secondary N) is 1. The van der Waals surface area contributed by atoms with Crippen LogP contribution < -0.4 is 5.32 Å². The van der Waals surface area contributed by atoms with E-state index in [-0.39, 0.29) is 12.1 Å². The summed E-state index contributed by atoms with van der Waals surface area (Å²) in [5.41, 5.74) is 0.203. The Morgan fingerprint density at radius 2 is 2.24 bits per heavy atom. The Bertz CT molecular complexity index is 425. The zero-order chi connectivity index (χ0) is 12.8. The van der Waals surface area contributed by atoms with E-state index in [1.807, 2.05) is 0 Å². The van der Waals surface area contributed by atoms with Gasteiger partial charge in [0.2, 0.25) is 0 Å². The molecule has 6 heteroatoms. The van der Waals surface area contributed by atoms with Crippen LogP contribution in [-0.2, 0) is 9.53 Å². The maximum Gasteiger partial charge on any atom is 0.321 e. The Hall–Kier alpha value is -1.43. The lowest BCUT2D eigenvalue weighted by molar-refractivity contribution is -0.139. The first-order valence-electron chi connectivity index (χ1n) is 4.80. The molecule has 0 saturated heterocycles. The summed E-state index contributed by atoms with van der Waals surface area (Å²) < 4.78 is 17.3. The number of hydrogen-bond donors (Lipinski definition) is 1. The van der Waals surface area contributed by atoms with Crippen molar-refractivity contribution in [3.8, 4) is 0 Å². The van der Waals surface area contributed by atoms with Gasteiger partial charge in [0.25, 0.3) is 5.91 Å². The molecule has 1 aromatic carbocycles. The lowest BCUT2D eigenvalue weighted by Crippen LogP contribution is -2.33. The molecule has 1 N–H and O–H groups in total. The molecule has 0 aliphatic rings. The Morgan fingerprint density at radius 3 is 2.82 bits per heavy atom. The number of methoxy groups -OCH3 is 1. The molecule has 1 amide bonds. The topological polar surface area (TPSA) is 55.4 Å². The summed E-state index contributed by atoms with van der Waals surface area (Å²) in [7, 11) is 1.25. The maximum atomic E-state index is 12.8. The van der Waals surface area contributed by atoms with Crippen molar-refractivity contribution in [2.45, 2.75) is 4.83 Å². The van der Waals surface area contributed by atoms with Gasteiger partial charge in [0.1, 0.15) is 10.6 Å². The highest BCUT2D eigenvalue weighted by Gasteiger charge is 2.16. The fraction of sp³-hybridized carbons (Fsp3) is 0.273. The SMILES string of the molecule is COC(=O)C(Br)CNC(=O)c1cccc(F)c1. The summed E-state index contributed by atoms with van der Waals surface area (Å²) in [6.45, 7) is 0.0714. The number of amides is 1. The number of esters is 1. The summed E-state index contributed by atoms with van der Waals surface area (Å²) in [6, 6.07) is 5.30. The van der Waals surface area contributed by atoms with E-state index in [0.29, 0.717) is 0 Å². The van der Waals surface area contributed by atoms with Crippen molar-refractivity contribution in [2.24, 2.45) is 0 Å². The molecule has 0 aliphatic carbocycles. The molecular weight excluding hydrogens is 293 g/mol. The van der Waals surface area contributed by atoms with Crippen LogP contribution >= 0.6 is 15.9 Å². The van der Waals surface area contributed by atoms with E-state index in [0.717, 1.165) is 6.07 Å². The van der Waals surface area contributed by atoms with Crippen LogP contribution in [0.2, 0.25) is 0 Å². The predicted molar refractivity (Wildman–Crippen MR) is 63.5 cm³/mol. The number of hydrogen-bond acceptors (Lipinski definition) is 3. The van der Waals surface area contributed by atoms with Crippen LogP contribution in [0.5, 0.6) is 0 Å². The monoisotopic (exact) mass is 303 g/mol. The predicted octanol–water partition coefficient (Wildman–Crippen LogP) is 1.49. The van der Waals surface area contributed by atoms with Gasteiger partial charge in [-0.2, -0.15) is 0 Å². The molecule has 0 aliphatic heterocycles. The molecule has 92 valence electrons. The first kappa shape index (κ1) is 13.6. The molecule has 0 heterocycles. The fourth-order valence-electron chi connectivity index (χ4n) is 1.13. The van der Waals surface area contributed by atoms with Crippen molar-refractivity contribution in [3.63, 3.8) is 0 Å². The van der Waals surface area contributed by atoms with Crippen LogP contribution in [0.1, 0.15) is 10.4 Å². The lowest BCUT2D eigenvalue weighted by Gasteiger charge is -2.09. The van der Waals surface area contributed by atoms with E-state index >= 15 is 0 Å². The third-order valence-corrected chi connectivity index (χ3v) is 2.68. The zero-order valence-electron chi connectivity index (χ0n) is 9.07. The van der Waals surface area contributed by atoms with E-state index in [1.54, 1.807) is 0 Å². The minimum Gasteiger partial charge on any atom is -0.468 e. The van der Waals surface area contributed by atoms with E-state index in [1.165, 1.54) is 25.3 Å². The van der Waals surface area contributed by atoms with Gasteiger partial charge in [-0.1, -0.05) is 22.0 Å². The van der Waals surface area contributed by atoms with Gasteiger partial charge in [-0.05, 0) is 18.2 Å². The highest BCUT2D eigenvalue weighted by molar-refractivity contribution is 9.10. The number of alkyl halides is 1. The minimum absolute atomic E-state index is 0.0714. The van der Waals surface area contributed by atoms with Crippen LogP contribution in [0.25, 0.3) is 0 Å². The molecular formula is C11H11BrFNO3. The van der Waals surface area contributed by atoms with E-state index in [2.05, 4.69) is 26.0 Å². The zero-order valence-corrected chi connectivity index (χ0v) is 10.7. The number of halogens is 2. The Kier molecular flexibility index (Phi) is 5.09. The number of benzene rings is 1. The molecule has 0 radical (unpaired) electrons. The molecule has 0 saturated carbocycles. The van der Waals surface area contributed by atoms with Crippen LogP contribution in [0.4, 0.5) is 4.39 Å². The molecule has 1 rings (SSSR count). The summed E-state index contributed by atoms with van der Waals surface area (Å²) >= 11 is 3.06. The second-order valence-corrected chi connectivity index (χ2v) is 4.32. The molecule has 4 nitrogen and oxygen atoms in total. The summed E-state index contributed by atoms with van der Waals surface area (Å²) in [4.78, 5) is 22.0. The van der Waals surface area contributed by atoms with Crippen LogP contribution in [0, 0.1) is 5.82 Å². The third-order valence-electron chi connectivity index (χ3n) is 1.99. The van der Waals surface area contributed by atoms with E-state index in [9.17, 15) is 14.0 Å². The second-order valence-electron chi connectivity index (χ2n) is 3.21. The smallest absolute Gasteiger partial charge is 0.321 e. The van der Waals surface area contributed by atoms with Crippen molar-refractivity contribution < 1.29 is 18.7 Å². The van der Waals surface area contributed by atoms with Crippen molar-refractivity contribution in [2.75, 3.05) is 13.7 Å². The van der Waals surface area contributed by atoms with Crippen molar-refractivity contribution in [1.29, 1.82) is 0 Å². The molecule has 1 unspecified atom stereocenters. The van der Waals surface area contributed by atoms with Gasteiger partial charge in [-0.3, -0.25) is 9.59 Å². The van der Waals surface area contributed by atoms with Gasteiger partial charge < -0.3 is 10.1 Å². The van der Waals surface area contributed by atoms with Gasteiger partial charge in [0.15, 0.2) is 0 Å². The Labute approximate surface area is 106 Å². The highest BCUT2D eigenvalue weighted by atomic mass is 79.9. The van der Waals surface area contributed by atoms with Crippen molar-refractivity contribution >= 4 is 27.8 Å². The van der Waals surface area contributed by atoms with E-state index in [4.69, 9.17) is 0 Å². The fourth-order valence-corrected chi connectivity index (χ4v) is 1.47. The first-order valence-corrected chi connectivity index (χ1v) is 5.72. The maximum absolute atomic E-state index is 12.8. The average molecular weight is 304 g/mol. The summed E-state index contributed by atoms with van der Waals surface area (Å²) in [5.74, 6) is -1.41. The van der Waals surface area contributed by atoms with Crippen molar-refractivity contribution in [3.05, 3.63) is 35.6 Å². The number of rotatable bonds is 4. The van der Waals surface area contributed by atoms with Gasteiger partial charge in [-0.25, -0.2) is 4.39 Å². The van der Waals surface area contributed by atoms with Crippen LogP contribution in [0.3, 0.4) is 0 Å². The number of carbonyl (C=O) groups excluding carboxylic acids is 2. The summed E-state index contributed by atoms with van der Waals surface area (Å²) in [5, 5.41) is 2.49. The van der Waals surface area contributed by atoms with Gasteiger partial charge in [0.05, 0.1) is 7.11 Å². The van der Waals surface area contributed by atoms with E-state index < -0.39 is 22.5 Å². The highest BCUT2D eigenvalue weighted by Crippen LogP contribution is 2.04. The largest absolute Gasteiger partial charge is 0.468 e. The number of carbonyl (C=O) groups is 2. The molecule has 0 fully saturated rings. The van der Waals surface area contributed by atoms with Gasteiger partial charge in [-0.15, -0.1) is 0 Å². The van der Waals surface area contributed by atoms with Crippen molar-refractivity contribution in [1.82, 2.24) is 5.32 Å². The van der Waals surface area contributed by atoms with Crippen LogP contribution in [0.15, 0.2) is 24.3 Å². The number of ether oxygens (including phenoxy) is 1. The lowest BCUT2D eigenvalue weighted by atomic mass is 10.2. The molecule has 0 spiro atoms. The Balaban J connectivity index is 2.53. The average Bonchev–Trinajstić information content (AvgIpc) is 2.34. The Morgan fingerprint density at radius 1 is 1.53 bits per heavy atom. The molecule has 1 aromatic rings. The normalized spacial score (nSPS) is 11.7. The molecule has 0 bridgehead atoms. The molecule has 17 heavy (non-hydrogen) atoms. The quantitative estimate of drug-likeness (QED) is 0.677. The molecule has 0 aromatic heterocycles. The minimum atomic E-state index is -0.620.